The first-order valence-corrected chi connectivity index (χ1v) is 6.88. The fourth-order valence-corrected chi connectivity index (χ4v) is 2.41. The number of carbonyl (C=O) groups excluding carboxylic acids is 1. The highest BCUT2D eigenvalue weighted by molar-refractivity contribution is 5.94. The molecule has 0 atom stereocenters. The zero-order valence-corrected chi connectivity index (χ0v) is 12.8. The van der Waals surface area contributed by atoms with Gasteiger partial charge in [0.05, 0.1) is 18.4 Å². The maximum absolute atomic E-state index is 12.0. The van der Waals surface area contributed by atoms with Gasteiger partial charge in [-0.2, -0.15) is 4.98 Å². The van der Waals surface area contributed by atoms with E-state index in [2.05, 4.69) is 21.6 Å². The van der Waals surface area contributed by atoms with E-state index in [1.54, 1.807) is 16.8 Å². The number of rotatable bonds is 3. The molecule has 3 heterocycles. The molecule has 3 aromatic heterocycles. The summed E-state index contributed by atoms with van der Waals surface area (Å²) >= 11 is 0. The lowest BCUT2D eigenvalue weighted by atomic mass is 10.0. The quantitative estimate of drug-likeness (QED) is 0.744. The SMILES string of the molecule is C=Cc1nc(C)c(-c2ccn3nc(N)nc3c2)cc1C(=O)OC. The minimum Gasteiger partial charge on any atom is -0.465 e. The van der Waals surface area contributed by atoms with E-state index < -0.39 is 5.97 Å². The van der Waals surface area contributed by atoms with Gasteiger partial charge in [-0.1, -0.05) is 6.58 Å². The summed E-state index contributed by atoms with van der Waals surface area (Å²) in [6.45, 7) is 5.56. The van der Waals surface area contributed by atoms with Crippen LogP contribution in [0.15, 0.2) is 31.0 Å². The van der Waals surface area contributed by atoms with Crippen LogP contribution in [0.3, 0.4) is 0 Å². The number of esters is 1. The molecule has 0 bridgehead atoms. The van der Waals surface area contributed by atoms with Crippen LogP contribution in [0.25, 0.3) is 22.9 Å². The van der Waals surface area contributed by atoms with Gasteiger partial charge in [0, 0.05) is 17.5 Å². The Morgan fingerprint density at radius 1 is 1.39 bits per heavy atom. The van der Waals surface area contributed by atoms with Gasteiger partial charge >= 0.3 is 5.97 Å². The van der Waals surface area contributed by atoms with Crippen molar-refractivity contribution in [3.05, 3.63) is 47.9 Å². The first-order chi connectivity index (χ1) is 11.0. The molecule has 0 aromatic carbocycles. The zero-order chi connectivity index (χ0) is 16.6. The van der Waals surface area contributed by atoms with E-state index in [1.165, 1.54) is 13.2 Å². The highest BCUT2D eigenvalue weighted by Crippen LogP contribution is 2.26. The third kappa shape index (κ3) is 2.52. The van der Waals surface area contributed by atoms with Crippen LogP contribution >= 0.6 is 0 Å². The molecule has 0 radical (unpaired) electrons. The van der Waals surface area contributed by atoms with E-state index in [4.69, 9.17) is 10.5 Å². The van der Waals surface area contributed by atoms with Crippen LogP contribution in [-0.4, -0.2) is 32.7 Å². The third-order valence-corrected chi connectivity index (χ3v) is 3.51. The van der Waals surface area contributed by atoms with E-state index in [9.17, 15) is 4.79 Å². The molecule has 0 saturated carbocycles. The monoisotopic (exact) mass is 309 g/mol. The topological polar surface area (TPSA) is 95.4 Å². The summed E-state index contributed by atoms with van der Waals surface area (Å²) in [7, 11) is 1.33. The molecule has 0 aliphatic heterocycles. The molecular formula is C16H15N5O2. The van der Waals surface area contributed by atoms with Crippen molar-refractivity contribution in [3.63, 3.8) is 0 Å². The maximum Gasteiger partial charge on any atom is 0.340 e. The Bertz CT molecular complexity index is 930. The predicted molar refractivity (Wildman–Crippen MR) is 86.8 cm³/mol. The van der Waals surface area contributed by atoms with Crippen LogP contribution in [0.4, 0.5) is 5.95 Å². The van der Waals surface area contributed by atoms with E-state index in [0.29, 0.717) is 16.9 Å². The van der Waals surface area contributed by atoms with Gasteiger partial charge in [-0.15, -0.1) is 5.10 Å². The standard InChI is InChI=1S/C16H15N5O2/c1-4-13-12(15(22)23-3)8-11(9(2)18-13)10-5-6-21-14(7-10)19-16(17)20-21/h4-8H,1H2,2-3H3,(H2,17,20). The lowest BCUT2D eigenvalue weighted by Crippen LogP contribution is -2.07. The van der Waals surface area contributed by atoms with E-state index >= 15 is 0 Å². The number of carbonyl (C=O) groups is 1. The Morgan fingerprint density at radius 2 is 2.17 bits per heavy atom. The van der Waals surface area contributed by atoms with Crippen LogP contribution in [0, 0.1) is 6.92 Å². The predicted octanol–water partition coefficient (Wildman–Crippen LogP) is 2.11. The number of nitrogen functional groups attached to an aromatic ring is 1. The molecule has 2 N–H and O–H groups in total. The van der Waals surface area contributed by atoms with Crippen molar-refractivity contribution in [2.24, 2.45) is 0 Å². The van der Waals surface area contributed by atoms with Gasteiger partial charge in [0.1, 0.15) is 0 Å². The fourth-order valence-electron chi connectivity index (χ4n) is 2.41. The lowest BCUT2D eigenvalue weighted by Gasteiger charge is -2.10. The largest absolute Gasteiger partial charge is 0.465 e. The van der Waals surface area contributed by atoms with Gasteiger partial charge in [0.2, 0.25) is 5.95 Å². The van der Waals surface area contributed by atoms with Crippen molar-refractivity contribution < 1.29 is 9.53 Å². The highest BCUT2D eigenvalue weighted by atomic mass is 16.5. The summed E-state index contributed by atoms with van der Waals surface area (Å²) in [5.41, 5.74) is 9.51. The number of fused-ring (bicyclic) bond motifs is 1. The molecule has 0 unspecified atom stereocenters. The maximum atomic E-state index is 12.0. The van der Waals surface area contributed by atoms with Crippen LogP contribution in [0.2, 0.25) is 0 Å². The number of ether oxygens (including phenoxy) is 1. The Labute approximate surface area is 132 Å². The second kappa shape index (κ2) is 5.53. The average molecular weight is 309 g/mol. The normalized spacial score (nSPS) is 10.7. The number of anilines is 1. The van der Waals surface area contributed by atoms with Gasteiger partial charge in [0.25, 0.3) is 0 Å². The van der Waals surface area contributed by atoms with E-state index in [1.807, 2.05) is 19.1 Å². The Morgan fingerprint density at radius 3 is 2.87 bits per heavy atom. The molecule has 0 amide bonds. The van der Waals surface area contributed by atoms with Crippen LogP contribution in [0.5, 0.6) is 0 Å². The third-order valence-electron chi connectivity index (χ3n) is 3.51. The molecule has 0 spiro atoms. The number of hydrogen-bond donors (Lipinski definition) is 1. The lowest BCUT2D eigenvalue weighted by molar-refractivity contribution is 0.0600. The van der Waals surface area contributed by atoms with Crippen molar-refractivity contribution in [1.29, 1.82) is 0 Å². The van der Waals surface area contributed by atoms with Gasteiger partial charge in [-0.3, -0.25) is 4.98 Å². The molecule has 0 fully saturated rings. The summed E-state index contributed by atoms with van der Waals surface area (Å²) in [5.74, 6) is -0.254. The number of nitrogens with zero attached hydrogens (tertiary/aromatic N) is 4. The van der Waals surface area contributed by atoms with Gasteiger partial charge in [-0.05, 0) is 36.8 Å². The van der Waals surface area contributed by atoms with Crippen LogP contribution < -0.4 is 5.73 Å². The van der Waals surface area contributed by atoms with Crippen molar-refractivity contribution in [2.45, 2.75) is 6.92 Å². The molecule has 0 aliphatic rings. The molecule has 0 saturated heterocycles. The Balaban J connectivity index is 2.20. The summed E-state index contributed by atoms with van der Waals surface area (Å²) in [4.78, 5) is 20.5. The van der Waals surface area contributed by atoms with E-state index in [-0.39, 0.29) is 5.95 Å². The fraction of sp³-hybridized carbons (Fsp3) is 0.125. The van der Waals surface area contributed by atoms with E-state index in [0.717, 1.165) is 16.8 Å². The molecule has 116 valence electrons. The summed E-state index contributed by atoms with van der Waals surface area (Å²) in [5, 5.41) is 4.04. The van der Waals surface area contributed by atoms with Crippen molar-refractivity contribution in [2.75, 3.05) is 12.8 Å². The molecular weight excluding hydrogens is 294 g/mol. The second-order valence-electron chi connectivity index (χ2n) is 4.94. The Hall–Kier alpha value is -3.22. The summed E-state index contributed by atoms with van der Waals surface area (Å²) < 4.78 is 6.40. The Kier molecular flexibility index (Phi) is 3.53. The van der Waals surface area contributed by atoms with Crippen molar-refractivity contribution in [3.8, 4) is 11.1 Å². The number of aryl methyl sites for hydroxylation is 1. The number of pyridine rings is 2. The molecule has 23 heavy (non-hydrogen) atoms. The zero-order valence-electron chi connectivity index (χ0n) is 12.8. The minimum atomic E-state index is -0.457. The average Bonchev–Trinajstić information content (AvgIpc) is 2.92. The smallest absolute Gasteiger partial charge is 0.340 e. The number of aromatic nitrogens is 4. The number of methoxy groups -OCH3 is 1. The first-order valence-electron chi connectivity index (χ1n) is 6.88. The first kappa shape index (κ1) is 14.7. The van der Waals surface area contributed by atoms with Crippen molar-refractivity contribution >= 4 is 23.6 Å². The minimum absolute atomic E-state index is 0.203. The summed E-state index contributed by atoms with van der Waals surface area (Å²) in [6.07, 6.45) is 3.29. The van der Waals surface area contributed by atoms with Crippen molar-refractivity contribution in [1.82, 2.24) is 19.6 Å². The molecule has 3 aromatic rings. The van der Waals surface area contributed by atoms with Gasteiger partial charge < -0.3 is 10.5 Å². The molecule has 0 aliphatic carbocycles. The van der Waals surface area contributed by atoms with Crippen LogP contribution in [-0.2, 0) is 4.74 Å². The number of hydrogen-bond acceptors (Lipinski definition) is 6. The van der Waals surface area contributed by atoms with Gasteiger partial charge in [0.15, 0.2) is 5.65 Å². The molecule has 7 nitrogen and oxygen atoms in total. The highest BCUT2D eigenvalue weighted by Gasteiger charge is 2.16. The van der Waals surface area contributed by atoms with Gasteiger partial charge in [-0.25, -0.2) is 9.31 Å². The second-order valence-corrected chi connectivity index (χ2v) is 4.94. The molecule has 3 rings (SSSR count). The molecule has 7 heteroatoms. The van der Waals surface area contributed by atoms with Crippen LogP contribution in [0.1, 0.15) is 21.7 Å². The summed E-state index contributed by atoms with van der Waals surface area (Å²) in [6, 6.07) is 5.44. The number of nitrogens with two attached hydrogens (primary N) is 1.